The first-order valence-corrected chi connectivity index (χ1v) is 8.34. The molecule has 0 saturated carbocycles. The van der Waals surface area contributed by atoms with Crippen LogP contribution in [-0.2, 0) is 20.0 Å². The molecule has 0 fully saturated rings. The maximum absolute atomic E-state index is 3.99. The summed E-state index contributed by atoms with van der Waals surface area (Å²) in [5, 5.41) is 15.9. The Hall–Kier alpha value is -1.40. The normalized spacial score (nSPS) is 12.5. The lowest BCUT2D eigenvalue weighted by atomic mass is 10.0. The molecule has 0 aliphatic rings. The Morgan fingerprint density at radius 1 is 1.29 bits per heavy atom. The van der Waals surface area contributed by atoms with Gasteiger partial charge < -0.3 is 5.32 Å². The fourth-order valence-electron chi connectivity index (χ4n) is 2.00. The second kappa shape index (κ2) is 8.14. The van der Waals surface area contributed by atoms with E-state index in [2.05, 4.69) is 59.0 Å². The third kappa shape index (κ3) is 4.82. The number of benzene rings is 1. The summed E-state index contributed by atoms with van der Waals surface area (Å²) in [5.74, 6) is 0.981. The highest BCUT2D eigenvalue weighted by molar-refractivity contribution is 7.99. The topological polar surface area (TPSA) is 55.6 Å². The highest BCUT2D eigenvalue weighted by Gasteiger charge is 2.06. The summed E-state index contributed by atoms with van der Waals surface area (Å²) in [4.78, 5) is 0. The lowest BCUT2D eigenvalue weighted by molar-refractivity contribution is 0.533. The zero-order valence-corrected chi connectivity index (χ0v) is 13.7. The van der Waals surface area contributed by atoms with Crippen LogP contribution < -0.4 is 5.32 Å². The number of nitrogens with zero attached hydrogens (tertiary/aromatic N) is 4. The van der Waals surface area contributed by atoms with Crippen LogP contribution in [0, 0.1) is 0 Å². The van der Waals surface area contributed by atoms with Crippen molar-refractivity contribution in [3.63, 3.8) is 0 Å². The van der Waals surface area contributed by atoms with Gasteiger partial charge in [-0.05, 0) is 41.3 Å². The molecule has 0 spiro atoms. The van der Waals surface area contributed by atoms with Crippen LogP contribution in [0.2, 0.25) is 0 Å². The molecule has 2 rings (SSSR count). The molecule has 0 aliphatic heterocycles. The fourth-order valence-corrected chi connectivity index (χ4v) is 2.82. The Labute approximate surface area is 130 Å². The summed E-state index contributed by atoms with van der Waals surface area (Å²) >= 11 is 1.69. The maximum atomic E-state index is 3.99. The van der Waals surface area contributed by atoms with Gasteiger partial charge in [-0.15, -0.1) is 5.10 Å². The summed E-state index contributed by atoms with van der Waals surface area (Å²) in [6, 6.07) is 9.19. The standard InChI is InChI=1S/C15H23N5S/c1-4-12(2)16-11-14-8-6-5-7-13(14)9-10-21-15-17-18-19-20(15)3/h5-8,12,16H,4,9-11H2,1-3H3/t12-/m1/s1. The molecule has 0 aliphatic carbocycles. The number of nitrogens with one attached hydrogen (secondary N) is 1. The van der Waals surface area contributed by atoms with Crippen LogP contribution in [0.3, 0.4) is 0 Å². The number of aromatic nitrogens is 4. The van der Waals surface area contributed by atoms with Gasteiger partial charge in [0.25, 0.3) is 0 Å². The van der Waals surface area contributed by atoms with Crippen molar-refractivity contribution >= 4 is 11.8 Å². The number of tetrazole rings is 1. The highest BCUT2D eigenvalue weighted by atomic mass is 32.2. The second-order valence-electron chi connectivity index (χ2n) is 5.14. The van der Waals surface area contributed by atoms with E-state index in [4.69, 9.17) is 0 Å². The molecular weight excluding hydrogens is 282 g/mol. The van der Waals surface area contributed by atoms with E-state index in [1.54, 1.807) is 16.4 Å². The van der Waals surface area contributed by atoms with E-state index in [9.17, 15) is 0 Å². The van der Waals surface area contributed by atoms with Crippen molar-refractivity contribution < 1.29 is 0 Å². The van der Waals surface area contributed by atoms with Crippen molar-refractivity contribution in [2.24, 2.45) is 7.05 Å². The quantitative estimate of drug-likeness (QED) is 0.759. The Morgan fingerprint density at radius 3 is 2.71 bits per heavy atom. The van der Waals surface area contributed by atoms with Crippen molar-refractivity contribution in [1.82, 2.24) is 25.5 Å². The van der Waals surface area contributed by atoms with Gasteiger partial charge in [0.15, 0.2) is 0 Å². The van der Waals surface area contributed by atoms with Gasteiger partial charge in [0.2, 0.25) is 5.16 Å². The van der Waals surface area contributed by atoms with Gasteiger partial charge in [-0.2, -0.15) is 0 Å². The number of rotatable bonds is 8. The van der Waals surface area contributed by atoms with Crippen LogP contribution >= 0.6 is 11.8 Å². The summed E-state index contributed by atoms with van der Waals surface area (Å²) in [6.45, 7) is 5.36. The molecule has 0 bridgehead atoms. The van der Waals surface area contributed by atoms with Crippen LogP contribution in [0.5, 0.6) is 0 Å². The first kappa shape index (κ1) is 16.0. The summed E-state index contributed by atoms with van der Waals surface area (Å²) in [7, 11) is 1.87. The Morgan fingerprint density at radius 2 is 2.05 bits per heavy atom. The molecule has 5 nitrogen and oxygen atoms in total. The molecule has 0 unspecified atom stereocenters. The van der Waals surface area contributed by atoms with Gasteiger partial charge in [0.05, 0.1) is 0 Å². The van der Waals surface area contributed by atoms with E-state index in [0.29, 0.717) is 6.04 Å². The fraction of sp³-hybridized carbons (Fsp3) is 0.533. The third-order valence-corrected chi connectivity index (χ3v) is 4.57. The SMILES string of the molecule is CC[C@@H](C)NCc1ccccc1CCSc1nnnn1C. The molecule has 1 heterocycles. The molecule has 1 aromatic carbocycles. The average Bonchev–Trinajstić information content (AvgIpc) is 2.91. The minimum Gasteiger partial charge on any atom is -0.310 e. The van der Waals surface area contributed by atoms with Gasteiger partial charge in [0, 0.05) is 25.4 Å². The van der Waals surface area contributed by atoms with Gasteiger partial charge in [-0.1, -0.05) is 43.0 Å². The van der Waals surface area contributed by atoms with Gasteiger partial charge in [-0.25, -0.2) is 4.68 Å². The van der Waals surface area contributed by atoms with Crippen molar-refractivity contribution in [3.05, 3.63) is 35.4 Å². The monoisotopic (exact) mass is 305 g/mol. The predicted molar refractivity (Wildman–Crippen MR) is 86.3 cm³/mol. The molecule has 0 radical (unpaired) electrons. The molecule has 0 amide bonds. The Bertz CT molecular complexity index is 555. The zero-order chi connectivity index (χ0) is 15.1. The van der Waals surface area contributed by atoms with E-state index in [-0.39, 0.29) is 0 Å². The van der Waals surface area contributed by atoms with Gasteiger partial charge >= 0.3 is 0 Å². The number of hydrogen-bond donors (Lipinski definition) is 1. The van der Waals surface area contributed by atoms with E-state index in [0.717, 1.165) is 30.3 Å². The smallest absolute Gasteiger partial charge is 0.209 e. The van der Waals surface area contributed by atoms with Crippen LogP contribution in [0.25, 0.3) is 0 Å². The summed E-state index contributed by atoms with van der Waals surface area (Å²) in [5.41, 5.74) is 2.78. The predicted octanol–water partition coefficient (Wildman–Crippen LogP) is 2.43. The van der Waals surface area contributed by atoms with E-state index in [1.807, 2.05) is 7.05 Å². The molecule has 114 valence electrons. The number of aryl methyl sites for hydroxylation is 2. The van der Waals surface area contributed by atoms with Crippen LogP contribution in [0.15, 0.2) is 29.4 Å². The number of thioether (sulfide) groups is 1. The van der Waals surface area contributed by atoms with Gasteiger partial charge in [0.1, 0.15) is 0 Å². The van der Waals surface area contributed by atoms with Crippen molar-refractivity contribution in [2.45, 2.75) is 44.4 Å². The first-order chi connectivity index (χ1) is 10.2. The lowest BCUT2D eigenvalue weighted by Crippen LogP contribution is -2.25. The van der Waals surface area contributed by atoms with E-state index < -0.39 is 0 Å². The largest absolute Gasteiger partial charge is 0.310 e. The van der Waals surface area contributed by atoms with Crippen LogP contribution in [0.4, 0.5) is 0 Å². The molecule has 0 saturated heterocycles. The number of hydrogen-bond acceptors (Lipinski definition) is 5. The zero-order valence-electron chi connectivity index (χ0n) is 12.9. The first-order valence-electron chi connectivity index (χ1n) is 7.36. The second-order valence-corrected chi connectivity index (χ2v) is 6.20. The minimum absolute atomic E-state index is 0.553. The molecule has 1 atom stereocenters. The Balaban J connectivity index is 1.89. The van der Waals surface area contributed by atoms with Crippen molar-refractivity contribution in [3.8, 4) is 0 Å². The van der Waals surface area contributed by atoms with E-state index in [1.165, 1.54) is 11.1 Å². The highest BCUT2D eigenvalue weighted by Crippen LogP contribution is 2.17. The molecule has 21 heavy (non-hydrogen) atoms. The summed E-state index contributed by atoms with van der Waals surface area (Å²) in [6.07, 6.45) is 2.17. The maximum Gasteiger partial charge on any atom is 0.209 e. The molecule has 2 aromatic rings. The van der Waals surface area contributed by atoms with Crippen LogP contribution in [0.1, 0.15) is 31.4 Å². The van der Waals surface area contributed by atoms with Crippen molar-refractivity contribution in [1.29, 1.82) is 0 Å². The molecule has 6 heteroatoms. The summed E-state index contributed by atoms with van der Waals surface area (Å²) < 4.78 is 1.71. The van der Waals surface area contributed by atoms with Crippen LogP contribution in [-0.4, -0.2) is 32.0 Å². The molecule has 1 N–H and O–H groups in total. The van der Waals surface area contributed by atoms with E-state index >= 15 is 0 Å². The average molecular weight is 305 g/mol. The molecular formula is C15H23N5S. The van der Waals surface area contributed by atoms with Gasteiger partial charge in [-0.3, -0.25) is 0 Å². The Kier molecular flexibility index (Phi) is 6.20. The third-order valence-electron chi connectivity index (χ3n) is 3.56. The minimum atomic E-state index is 0.553. The lowest BCUT2D eigenvalue weighted by Gasteiger charge is -2.14. The molecule has 1 aromatic heterocycles. The van der Waals surface area contributed by atoms with Crippen molar-refractivity contribution in [2.75, 3.05) is 5.75 Å².